The summed E-state index contributed by atoms with van der Waals surface area (Å²) in [6.45, 7) is 3.78. The van der Waals surface area contributed by atoms with Crippen molar-refractivity contribution in [3.63, 3.8) is 0 Å². The smallest absolute Gasteiger partial charge is 0.413 e. The van der Waals surface area contributed by atoms with Gasteiger partial charge in [-0.05, 0) is 19.4 Å². The van der Waals surface area contributed by atoms with Gasteiger partial charge in [-0.2, -0.15) is 0 Å². The van der Waals surface area contributed by atoms with Crippen LogP contribution in [0.1, 0.15) is 11.3 Å². The Morgan fingerprint density at radius 3 is 2.50 bits per heavy atom. The number of H-pyrrole nitrogens is 1. The molecule has 0 amide bonds. The molecular weight excluding hydrogens is 178 g/mol. The number of hydrogen-bond donors (Lipinski definition) is 1. The van der Waals surface area contributed by atoms with Gasteiger partial charge in [-0.1, -0.05) is 24.3 Å². The van der Waals surface area contributed by atoms with Gasteiger partial charge in [0, 0.05) is 5.56 Å². The zero-order chi connectivity index (χ0) is 10.1. The molecule has 0 saturated carbocycles. The number of benzene rings is 1. The molecule has 0 aliphatic rings. The highest BCUT2D eigenvalue weighted by molar-refractivity contribution is 5.64. The van der Waals surface area contributed by atoms with Gasteiger partial charge < -0.3 is 4.42 Å². The molecule has 3 nitrogen and oxygen atoms in total. The SMILES string of the molecule is Cc1ccccc1-c1[nH]c(=O)oc1C. The first-order valence-electron chi connectivity index (χ1n) is 4.44. The van der Waals surface area contributed by atoms with Crippen molar-refractivity contribution >= 4 is 0 Å². The molecule has 0 atom stereocenters. The van der Waals surface area contributed by atoms with Crippen molar-refractivity contribution in [3.8, 4) is 11.3 Å². The van der Waals surface area contributed by atoms with E-state index in [0.717, 1.165) is 16.8 Å². The summed E-state index contributed by atoms with van der Waals surface area (Å²) < 4.78 is 4.91. The number of nitrogens with one attached hydrogen (secondary N) is 1. The van der Waals surface area contributed by atoms with Gasteiger partial charge in [0.1, 0.15) is 5.76 Å². The first-order chi connectivity index (χ1) is 6.68. The molecule has 14 heavy (non-hydrogen) atoms. The average molecular weight is 189 g/mol. The Labute approximate surface area is 81.4 Å². The molecule has 1 N–H and O–H groups in total. The largest absolute Gasteiger partial charge is 0.416 e. The van der Waals surface area contributed by atoms with Crippen LogP contribution in [0.15, 0.2) is 33.5 Å². The van der Waals surface area contributed by atoms with Crippen LogP contribution in [0.5, 0.6) is 0 Å². The van der Waals surface area contributed by atoms with Crippen molar-refractivity contribution < 1.29 is 4.42 Å². The maximum absolute atomic E-state index is 11.0. The Hall–Kier alpha value is -1.77. The third-order valence-electron chi connectivity index (χ3n) is 2.24. The summed E-state index contributed by atoms with van der Waals surface area (Å²) in [5.74, 6) is 0.227. The Bertz CT molecular complexity index is 508. The second kappa shape index (κ2) is 3.18. The number of rotatable bonds is 1. The third-order valence-corrected chi connectivity index (χ3v) is 2.24. The van der Waals surface area contributed by atoms with Gasteiger partial charge in [-0.3, -0.25) is 4.98 Å². The van der Waals surface area contributed by atoms with Gasteiger partial charge in [0.15, 0.2) is 0 Å². The summed E-state index contributed by atoms with van der Waals surface area (Å²) in [5.41, 5.74) is 2.90. The first-order valence-corrected chi connectivity index (χ1v) is 4.44. The molecule has 0 saturated heterocycles. The predicted molar refractivity (Wildman–Crippen MR) is 54.2 cm³/mol. The molecule has 3 heteroatoms. The molecule has 2 rings (SSSR count). The normalized spacial score (nSPS) is 10.4. The zero-order valence-electron chi connectivity index (χ0n) is 8.13. The molecule has 0 spiro atoms. The van der Waals surface area contributed by atoms with Crippen molar-refractivity contribution in [2.75, 3.05) is 0 Å². The van der Waals surface area contributed by atoms with Gasteiger partial charge in [0.05, 0.1) is 5.69 Å². The van der Waals surface area contributed by atoms with Crippen LogP contribution in [0.4, 0.5) is 0 Å². The summed E-state index contributed by atoms with van der Waals surface area (Å²) >= 11 is 0. The van der Waals surface area contributed by atoms with Crippen LogP contribution in [0, 0.1) is 13.8 Å². The predicted octanol–water partition coefficient (Wildman–Crippen LogP) is 2.25. The lowest BCUT2D eigenvalue weighted by molar-refractivity contribution is 0.488. The van der Waals surface area contributed by atoms with Gasteiger partial charge in [0.25, 0.3) is 0 Å². The van der Waals surface area contributed by atoms with Crippen molar-refractivity contribution in [3.05, 3.63) is 46.1 Å². The minimum absolute atomic E-state index is 0.402. The summed E-state index contributed by atoms with van der Waals surface area (Å²) in [5, 5.41) is 0. The van der Waals surface area contributed by atoms with Gasteiger partial charge in [-0.15, -0.1) is 0 Å². The number of hydrogen-bond acceptors (Lipinski definition) is 2. The van der Waals surface area contributed by atoms with Crippen LogP contribution in [0.3, 0.4) is 0 Å². The van der Waals surface area contributed by atoms with Gasteiger partial charge in [-0.25, -0.2) is 4.79 Å². The Morgan fingerprint density at radius 2 is 1.93 bits per heavy atom. The molecule has 0 radical (unpaired) electrons. The average Bonchev–Trinajstić information content (AvgIpc) is 2.46. The van der Waals surface area contributed by atoms with Crippen molar-refractivity contribution in [1.29, 1.82) is 0 Å². The quantitative estimate of drug-likeness (QED) is 0.747. The van der Waals surface area contributed by atoms with E-state index in [0.29, 0.717) is 5.76 Å². The highest BCUT2D eigenvalue weighted by atomic mass is 16.4. The lowest BCUT2D eigenvalue weighted by Gasteiger charge is -2.01. The molecule has 1 aromatic carbocycles. The standard InChI is InChI=1S/C11H11NO2/c1-7-5-3-4-6-9(7)10-8(2)14-11(13)12-10/h3-6H,1-2H3,(H,12,13). The van der Waals surface area contributed by atoms with E-state index in [4.69, 9.17) is 4.42 Å². The first kappa shape index (κ1) is 8.81. The highest BCUT2D eigenvalue weighted by Crippen LogP contribution is 2.22. The number of aryl methyl sites for hydroxylation is 2. The lowest BCUT2D eigenvalue weighted by Crippen LogP contribution is -1.95. The van der Waals surface area contributed by atoms with Crippen LogP contribution in [0.25, 0.3) is 11.3 Å². The maximum Gasteiger partial charge on any atom is 0.416 e. The van der Waals surface area contributed by atoms with Gasteiger partial charge in [0.2, 0.25) is 0 Å². The van der Waals surface area contributed by atoms with E-state index in [1.807, 2.05) is 31.2 Å². The van der Waals surface area contributed by atoms with E-state index in [9.17, 15) is 4.79 Å². The van der Waals surface area contributed by atoms with E-state index in [-0.39, 0.29) is 0 Å². The Kier molecular flexibility index (Phi) is 2.00. The molecule has 1 heterocycles. The van der Waals surface area contributed by atoms with E-state index in [1.54, 1.807) is 6.92 Å². The molecule has 0 aliphatic carbocycles. The van der Waals surface area contributed by atoms with Crippen molar-refractivity contribution in [1.82, 2.24) is 4.98 Å². The van der Waals surface area contributed by atoms with Crippen LogP contribution in [0.2, 0.25) is 0 Å². The van der Waals surface area contributed by atoms with Crippen LogP contribution in [-0.4, -0.2) is 4.98 Å². The molecule has 1 aromatic heterocycles. The zero-order valence-corrected chi connectivity index (χ0v) is 8.13. The molecule has 0 unspecified atom stereocenters. The van der Waals surface area contributed by atoms with Crippen molar-refractivity contribution in [2.45, 2.75) is 13.8 Å². The fourth-order valence-corrected chi connectivity index (χ4v) is 1.52. The van der Waals surface area contributed by atoms with E-state index < -0.39 is 5.76 Å². The molecule has 72 valence electrons. The molecule has 0 fully saturated rings. The summed E-state index contributed by atoms with van der Waals surface area (Å²) in [4.78, 5) is 13.7. The fourth-order valence-electron chi connectivity index (χ4n) is 1.52. The van der Waals surface area contributed by atoms with E-state index >= 15 is 0 Å². The Balaban J connectivity index is 2.66. The monoisotopic (exact) mass is 189 g/mol. The summed E-state index contributed by atoms with van der Waals surface area (Å²) in [6.07, 6.45) is 0. The summed E-state index contributed by atoms with van der Waals surface area (Å²) in [6, 6.07) is 7.86. The summed E-state index contributed by atoms with van der Waals surface area (Å²) in [7, 11) is 0. The number of aromatic amines is 1. The van der Waals surface area contributed by atoms with Crippen LogP contribution >= 0.6 is 0 Å². The molecular formula is C11H11NO2. The minimum Gasteiger partial charge on any atom is -0.413 e. The topological polar surface area (TPSA) is 46.0 Å². The van der Waals surface area contributed by atoms with Crippen LogP contribution < -0.4 is 5.76 Å². The molecule has 2 aromatic rings. The van der Waals surface area contributed by atoms with E-state index in [1.165, 1.54) is 0 Å². The second-order valence-corrected chi connectivity index (χ2v) is 3.26. The molecule has 0 aliphatic heterocycles. The fraction of sp³-hybridized carbons (Fsp3) is 0.182. The van der Waals surface area contributed by atoms with Crippen molar-refractivity contribution in [2.24, 2.45) is 0 Å². The molecule has 0 bridgehead atoms. The third kappa shape index (κ3) is 1.37. The number of aromatic nitrogens is 1. The minimum atomic E-state index is -0.402. The Morgan fingerprint density at radius 1 is 1.21 bits per heavy atom. The second-order valence-electron chi connectivity index (χ2n) is 3.26. The highest BCUT2D eigenvalue weighted by Gasteiger charge is 2.08. The van der Waals surface area contributed by atoms with Crippen LogP contribution in [-0.2, 0) is 0 Å². The van der Waals surface area contributed by atoms with E-state index in [2.05, 4.69) is 4.98 Å². The van der Waals surface area contributed by atoms with Gasteiger partial charge >= 0.3 is 5.76 Å². The number of oxazole rings is 1. The maximum atomic E-state index is 11.0. The lowest BCUT2D eigenvalue weighted by atomic mass is 10.1.